The van der Waals surface area contributed by atoms with Crippen LogP contribution in [0.4, 0.5) is 5.69 Å². The maximum atomic E-state index is 11.8. The maximum Gasteiger partial charge on any atom is 0.286 e. The number of nitrogens with one attached hydrogen (secondary N) is 1. The van der Waals surface area contributed by atoms with E-state index in [1.165, 1.54) is 16.8 Å². The van der Waals surface area contributed by atoms with Crippen LogP contribution in [-0.2, 0) is 6.54 Å². The Hall–Kier alpha value is -1.21. The first-order chi connectivity index (χ1) is 8.70. The maximum absolute atomic E-state index is 11.8. The Morgan fingerprint density at radius 3 is 2.63 bits per heavy atom. The van der Waals surface area contributed by atoms with Gasteiger partial charge in [-0.15, -0.1) is 0 Å². The zero-order chi connectivity index (χ0) is 14.6. The van der Waals surface area contributed by atoms with Crippen molar-refractivity contribution in [2.75, 3.05) is 6.54 Å². The van der Waals surface area contributed by atoms with Gasteiger partial charge in [-0.25, -0.2) is 0 Å². The summed E-state index contributed by atoms with van der Waals surface area (Å²) in [6, 6.07) is 1.23. The lowest BCUT2D eigenvalue weighted by Gasteiger charge is -2.20. The van der Waals surface area contributed by atoms with Crippen molar-refractivity contribution in [1.29, 1.82) is 0 Å². The highest BCUT2D eigenvalue weighted by Crippen LogP contribution is 2.14. The van der Waals surface area contributed by atoms with E-state index in [1.807, 2.05) is 0 Å². The number of hydrogen-bond donors (Lipinski definition) is 1. The third-order valence-electron chi connectivity index (χ3n) is 2.47. The smallest absolute Gasteiger partial charge is 0.286 e. The molecule has 7 heteroatoms. The summed E-state index contributed by atoms with van der Waals surface area (Å²) in [6.45, 7) is 7.37. The number of nitrogens with zero attached hydrogens (tertiary/aromatic N) is 2. The van der Waals surface area contributed by atoms with Gasteiger partial charge < -0.3 is 9.88 Å². The molecular formula is C12H18BrN3O3. The van der Waals surface area contributed by atoms with Gasteiger partial charge in [0.2, 0.25) is 0 Å². The van der Waals surface area contributed by atoms with E-state index >= 15 is 0 Å². The second-order valence-electron chi connectivity index (χ2n) is 5.33. The summed E-state index contributed by atoms with van der Waals surface area (Å²) < 4.78 is 1.58. The SMILES string of the molecule is CC(C)(C)NCCCn1cc([N+](=O)[O-])cc(Br)c1=O. The zero-order valence-corrected chi connectivity index (χ0v) is 12.9. The summed E-state index contributed by atoms with van der Waals surface area (Å²) in [7, 11) is 0. The number of hydrogen-bond acceptors (Lipinski definition) is 4. The minimum absolute atomic E-state index is 0.0221. The Kier molecular flexibility index (Phi) is 5.25. The van der Waals surface area contributed by atoms with Gasteiger partial charge in [-0.05, 0) is 49.7 Å². The molecule has 0 fully saturated rings. The van der Waals surface area contributed by atoms with Crippen molar-refractivity contribution in [3.63, 3.8) is 0 Å². The average Bonchev–Trinajstić information content (AvgIpc) is 2.27. The van der Waals surface area contributed by atoms with Crippen LogP contribution >= 0.6 is 15.9 Å². The van der Waals surface area contributed by atoms with E-state index in [1.54, 1.807) is 0 Å². The second-order valence-corrected chi connectivity index (χ2v) is 6.19. The second kappa shape index (κ2) is 6.29. The molecule has 0 aromatic carbocycles. The van der Waals surface area contributed by atoms with E-state index in [-0.39, 0.29) is 21.3 Å². The van der Waals surface area contributed by atoms with Crippen molar-refractivity contribution in [1.82, 2.24) is 9.88 Å². The highest BCUT2D eigenvalue weighted by atomic mass is 79.9. The molecule has 0 radical (unpaired) electrons. The van der Waals surface area contributed by atoms with Gasteiger partial charge in [-0.2, -0.15) is 0 Å². The van der Waals surface area contributed by atoms with Crippen LogP contribution < -0.4 is 10.9 Å². The molecule has 0 spiro atoms. The lowest BCUT2D eigenvalue weighted by atomic mass is 10.1. The molecule has 1 heterocycles. The van der Waals surface area contributed by atoms with Crippen LogP contribution in [0.25, 0.3) is 0 Å². The van der Waals surface area contributed by atoms with Crippen molar-refractivity contribution in [3.05, 3.63) is 37.2 Å². The van der Waals surface area contributed by atoms with Crippen molar-refractivity contribution in [2.45, 2.75) is 39.3 Å². The lowest BCUT2D eigenvalue weighted by molar-refractivity contribution is -0.385. The standard InChI is InChI=1S/C12H18BrN3O3/c1-12(2,3)14-5-4-6-15-8-9(16(18)19)7-10(13)11(15)17/h7-8,14H,4-6H2,1-3H3. The van der Waals surface area contributed by atoms with Crippen molar-refractivity contribution in [2.24, 2.45) is 0 Å². The Morgan fingerprint density at radius 2 is 2.11 bits per heavy atom. The van der Waals surface area contributed by atoms with Gasteiger partial charge in [0, 0.05) is 18.2 Å². The minimum atomic E-state index is -0.506. The van der Waals surface area contributed by atoms with Crippen LogP contribution in [0, 0.1) is 10.1 Å². The first-order valence-corrected chi connectivity index (χ1v) is 6.79. The molecule has 0 aliphatic carbocycles. The van der Waals surface area contributed by atoms with E-state index in [2.05, 4.69) is 42.0 Å². The molecule has 0 bridgehead atoms. The summed E-state index contributed by atoms with van der Waals surface area (Å²) in [5.41, 5.74) is -0.314. The quantitative estimate of drug-likeness (QED) is 0.510. The Balaban J connectivity index is 2.73. The number of halogens is 1. The molecule has 6 nitrogen and oxygen atoms in total. The third-order valence-corrected chi connectivity index (χ3v) is 3.04. The number of rotatable bonds is 5. The fourth-order valence-electron chi connectivity index (χ4n) is 1.56. The summed E-state index contributed by atoms with van der Waals surface area (Å²) in [4.78, 5) is 22.0. The molecule has 106 valence electrons. The van der Waals surface area contributed by atoms with E-state index in [0.717, 1.165) is 13.0 Å². The predicted octanol–water partition coefficient (Wildman–Crippen LogP) is 2.30. The normalized spacial score (nSPS) is 11.6. The van der Waals surface area contributed by atoms with Gasteiger partial charge in [-0.1, -0.05) is 0 Å². The van der Waals surface area contributed by atoms with Crippen LogP contribution in [0.1, 0.15) is 27.2 Å². The molecule has 1 aromatic heterocycles. The van der Waals surface area contributed by atoms with Crippen molar-refractivity contribution >= 4 is 21.6 Å². The number of nitro groups is 1. The third kappa shape index (κ3) is 5.12. The van der Waals surface area contributed by atoms with Gasteiger partial charge in [-0.3, -0.25) is 14.9 Å². The lowest BCUT2D eigenvalue weighted by Crippen LogP contribution is -2.37. The van der Waals surface area contributed by atoms with Gasteiger partial charge in [0.05, 0.1) is 15.6 Å². The molecule has 1 rings (SSSR count). The number of pyridine rings is 1. The monoisotopic (exact) mass is 331 g/mol. The molecule has 0 aliphatic rings. The van der Waals surface area contributed by atoms with Gasteiger partial charge >= 0.3 is 0 Å². The van der Waals surface area contributed by atoms with E-state index in [0.29, 0.717) is 6.54 Å². The first kappa shape index (κ1) is 15.8. The van der Waals surface area contributed by atoms with Crippen LogP contribution in [0.15, 0.2) is 21.5 Å². The Bertz CT molecular complexity index is 520. The molecule has 0 saturated heterocycles. The van der Waals surface area contributed by atoms with E-state index < -0.39 is 4.92 Å². The highest BCUT2D eigenvalue weighted by Gasteiger charge is 2.12. The number of aromatic nitrogens is 1. The molecule has 1 N–H and O–H groups in total. The van der Waals surface area contributed by atoms with E-state index in [9.17, 15) is 14.9 Å². The molecule has 0 atom stereocenters. The largest absolute Gasteiger partial charge is 0.312 e. The predicted molar refractivity (Wildman–Crippen MR) is 77.4 cm³/mol. The molecule has 0 amide bonds. The molecular weight excluding hydrogens is 314 g/mol. The van der Waals surface area contributed by atoms with Crippen LogP contribution in [0.5, 0.6) is 0 Å². The first-order valence-electron chi connectivity index (χ1n) is 6.00. The Labute approximate surface area is 120 Å². The zero-order valence-electron chi connectivity index (χ0n) is 11.3. The molecule has 0 saturated carbocycles. The summed E-state index contributed by atoms with van der Waals surface area (Å²) in [5, 5.41) is 14.0. The molecule has 19 heavy (non-hydrogen) atoms. The van der Waals surface area contributed by atoms with Gasteiger partial charge in [0.15, 0.2) is 0 Å². The van der Waals surface area contributed by atoms with Crippen LogP contribution in [-0.4, -0.2) is 21.6 Å². The fourth-order valence-corrected chi connectivity index (χ4v) is 2.03. The van der Waals surface area contributed by atoms with Crippen molar-refractivity contribution < 1.29 is 4.92 Å². The number of aryl methyl sites for hydroxylation is 1. The summed E-state index contributed by atoms with van der Waals surface area (Å²) in [6.07, 6.45) is 2.01. The van der Waals surface area contributed by atoms with Gasteiger partial charge in [0.25, 0.3) is 11.2 Å². The minimum Gasteiger partial charge on any atom is -0.312 e. The topological polar surface area (TPSA) is 77.2 Å². The summed E-state index contributed by atoms with van der Waals surface area (Å²) >= 11 is 3.05. The van der Waals surface area contributed by atoms with E-state index in [4.69, 9.17) is 0 Å². The molecule has 0 unspecified atom stereocenters. The Morgan fingerprint density at radius 1 is 1.47 bits per heavy atom. The fraction of sp³-hybridized carbons (Fsp3) is 0.583. The molecule has 1 aromatic rings. The molecule has 0 aliphatic heterocycles. The van der Waals surface area contributed by atoms with Crippen LogP contribution in [0.2, 0.25) is 0 Å². The van der Waals surface area contributed by atoms with Crippen molar-refractivity contribution in [3.8, 4) is 0 Å². The average molecular weight is 332 g/mol. The van der Waals surface area contributed by atoms with Crippen LogP contribution in [0.3, 0.4) is 0 Å². The van der Waals surface area contributed by atoms with Gasteiger partial charge in [0.1, 0.15) is 0 Å². The highest BCUT2D eigenvalue weighted by molar-refractivity contribution is 9.10. The summed E-state index contributed by atoms with van der Waals surface area (Å²) in [5.74, 6) is 0.